The van der Waals surface area contributed by atoms with Gasteiger partial charge in [-0.1, -0.05) is 0 Å². The predicted octanol–water partition coefficient (Wildman–Crippen LogP) is 4.58. The molecule has 1 saturated heterocycles. The van der Waals surface area contributed by atoms with Gasteiger partial charge in [0.25, 0.3) is 0 Å². The predicted molar refractivity (Wildman–Crippen MR) is 128 cm³/mol. The number of anilines is 1. The maximum atomic E-state index is 12.5. The fraction of sp³-hybridized carbons (Fsp3) is 0.550. The molecule has 1 fully saturated rings. The number of rotatable bonds is 6. The van der Waals surface area contributed by atoms with E-state index in [1.165, 1.54) is 5.56 Å². The van der Waals surface area contributed by atoms with Crippen molar-refractivity contribution in [2.75, 3.05) is 25.1 Å². The third-order valence-electron chi connectivity index (χ3n) is 4.78. The lowest BCUT2D eigenvalue weighted by atomic mass is 9.90. The van der Waals surface area contributed by atoms with Crippen molar-refractivity contribution < 1.29 is 19.1 Å². The molecule has 8 nitrogen and oxygen atoms in total. The summed E-state index contributed by atoms with van der Waals surface area (Å²) in [5, 5.41) is 11.0. The zero-order valence-corrected chi connectivity index (χ0v) is 20.6. The van der Waals surface area contributed by atoms with Gasteiger partial charge in [0.05, 0.1) is 23.8 Å². The molecule has 1 atom stereocenters. The van der Waals surface area contributed by atoms with Crippen LogP contribution in [-0.4, -0.2) is 46.9 Å². The number of ether oxygens (including phenoxy) is 2. The van der Waals surface area contributed by atoms with Crippen LogP contribution in [0.4, 0.5) is 10.5 Å². The number of alkyl carbamates (subject to hydrolysis) is 1. The van der Waals surface area contributed by atoms with Crippen LogP contribution in [-0.2, 0) is 14.3 Å². The highest BCUT2D eigenvalue weighted by Crippen LogP contribution is 2.36. The summed E-state index contributed by atoms with van der Waals surface area (Å²) < 4.78 is 12.6. The van der Waals surface area contributed by atoms with Gasteiger partial charge < -0.3 is 20.1 Å². The van der Waals surface area contributed by atoms with Gasteiger partial charge in [0, 0.05) is 31.6 Å². The summed E-state index contributed by atoms with van der Waals surface area (Å²) in [6, 6.07) is 4.24. The third kappa shape index (κ3) is 6.28. The quantitative estimate of drug-likeness (QED) is 0.409. The first-order chi connectivity index (χ1) is 14.3. The molecule has 0 radical (unpaired) electrons. The lowest BCUT2D eigenvalue weighted by Crippen LogP contribution is -2.34. The Balaban J connectivity index is 1.70. The van der Waals surface area contributed by atoms with E-state index in [0.29, 0.717) is 12.3 Å². The molecular formula is C20H28IN4O4P. The first-order valence-corrected chi connectivity index (χ1v) is 14.1. The van der Waals surface area contributed by atoms with Gasteiger partial charge in [-0.2, -0.15) is 5.10 Å². The largest absolute Gasteiger partial charge is 0.444 e. The summed E-state index contributed by atoms with van der Waals surface area (Å²) in [5.74, 6) is 0.245. The zero-order chi connectivity index (χ0) is 21.7. The highest BCUT2D eigenvalue weighted by Gasteiger charge is 2.20. The molecule has 0 aliphatic carbocycles. The summed E-state index contributed by atoms with van der Waals surface area (Å²) in [5.41, 5.74) is 2.41. The van der Waals surface area contributed by atoms with E-state index in [1.54, 1.807) is 27.0 Å². The molecule has 2 aromatic rings. The average Bonchev–Trinajstić information content (AvgIpc) is 3.10. The number of carbonyl (C=O) groups is 2. The van der Waals surface area contributed by atoms with Crippen LogP contribution in [0.1, 0.15) is 51.5 Å². The number of benzene rings is 1. The lowest BCUT2D eigenvalue weighted by Gasteiger charge is -2.23. The molecule has 1 aliphatic rings. The van der Waals surface area contributed by atoms with Gasteiger partial charge in [-0.05, 0) is 79.3 Å². The number of amides is 2. The number of hydrogen-bond acceptors (Lipinski definition) is 5. The summed E-state index contributed by atoms with van der Waals surface area (Å²) in [6.45, 7) is 7.12. The van der Waals surface area contributed by atoms with E-state index in [4.69, 9.17) is 9.47 Å². The number of aromatic nitrogens is 2. The van der Waals surface area contributed by atoms with Crippen molar-refractivity contribution in [3.8, 4) is 0 Å². The van der Waals surface area contributed by atoms with Crippen molar-refractivity contribution in [3.05, 3.63) is 23.9 Å². The second kappa shape index (κ2) is 10.2. The van der Waals surface area contributed by atoms with Crippen LogP contribution in [0.2, 0.25) is 0 Å². The standard InChI is InChI=1S/C20H28IN4O4P/c1-20(2,3)29-19(27)22-7-4-18(26)24-16-10-14(13-5-8-28-9-6-13)11-17-15(16)12-23-25(17)30-21/h10-13,30H,4-9H2,1-3H3,(H,22,27)(H,24,26). The molecule has 2 heterocycles. The molecule has 2 N–H and O–H groups in total. The number of nitrogens with zero attached hydrogens (tertiary/aromatic N) is 2. The number of fused-ring (bicyclic) bond motifs is 1. The Bertz CT molecular complexity index is 906. The van der Waals surface area contributed by atoms with E-state index in [9.17, 15) is 9.59 Å². The van der Waals surface area contributed by atoms with E-state index in [1.807, 2.05) is 4.45 Å². The van der Waals surface area contributed by atoms with Gasteiger partial charge in [0.2, 0.25) is 5.91 Å². The Labute approximate surface area is 191 Å². The van der Waals surface area contributed by atoms with E-state index >= 15 is 0 Å². The molecule has 0 saturated carbocycles. The minimum atomic E-state index is -0.567. The summed E-state index contributed by atoms with van der Waals surface area (Å²) in [4.78, 5) is 24.3. The van der Waals surface area contributed by atoms with Crippen LogP contribution >= 0.6 is 28.4 Å². The Kier molecular flexibility index (Phi) is 7.92. The molecule has 0 bridgehead atoms. The second-order valence-corrected chi connectivity index (χ2v) is 10.3. The van der Waals surface area contributed by atoms with Crippen LogP contribution in [0.3, 0.4) is 0 Å². The highest BCUT2D eigenvalue weighted by molar-refractivity contribution is 14.2. The molecule has 30 heavy (non-hydrogen) atoms. The second-order valence-electron chi connectivity index (χ2n) is 8.26. The van der Waals surface area contributed by atoms with Gasteiger partial charge >= 0.3 is 6.09 Å². The van der Waals surface area contributed by atoms with Crippen LogP contribution < -0.4 is 10.6 Å². The third-order valence-corrected chi connectivity index (χ3v) is 6.67. The molecule has 1 aliphatic heterocycles. The molecule has 2 amide bonds. The van der Waals surface area contributed by atoms with Crippen molar-refractivity contribution in [2.24, 2.45) is 0 Å². The van der Waals surface area contributed by atoms with Crippen molar-refractivity contribution in [2.45, 2.75) is 51.6 Å². The number of carbonyl (C=O) groups excluding carboxylic acids is 2. The van der Waals surface area contributed by atoms with Gasteiger partial charge in [0.15, 0.2) is 0 Å². The Hall–Kier alpha value is -1.45. The number of halogens is 1. The molecular weight excluding hydrogens is 518 g/mol. The zero-order valence-electron chi connectivity index (χ0n) is 17.5. The Morgan fingerprint density at radius 2 is 2.07 bits per heavy atom. The van der Waals surface area contributed by atoms with Crippen LogP contribution in [0.5, 0.6) is 0 Å². The maximum absolute atomic E-state index is 12.5. The summed E-state index contributed by atoms with van der Waals surface area (Å²) in [7, 11) is 0. The molecule has 1 aromatic heterocycles. The van der Waals surface area contributed by atoms with Crippen LogP contribution in [0.25, 0.3) is 10.9 Å². The minimum Gasteiger partial charge on any atom is -0.444 e. The number of hydrogen-bond donors (Lipinski definition) is 2. The first-order valence-electron chi connectivity index (χ1n) is 9.99. The molecule has 1 aromatic carbocycles. The lowest BCUT2D eigenvalue weighted by molar-refractivity contribution is -0.116. The first kappa shape index (κ1) is 23.2. The van der Waals surface area contributed by atoms with Gasteiger partial charge in [-0.15, -0.1) is 0 Å². The van der Waals surface area contributed by atoms with E-state index < -0.39 is 11.7 Å². The van der Waals surface area contributed by atoms with Crippen LogP contribution in [0.15, 0.2) is 18.3 Å². The van der Waals surface area contributed by atoms with E-state index in [2.05, 4.69) is 49.9 Å². The fourth-order valence-electron chi connectivity index (χ4n) is 3.39. The normalized spacial score (nSPS) is 15.6. The number of nitrogens with one attached hydrogen (secondary N) is 2. The topological polar surface area (TPSA) is 94.5 Å². The Morgan fingerprint density at radius 1 is 1.33 bits per heavy atom. The molecule has 0 spiro atoms. The Morgan fingerprint density at radius 3 is 2.73 bits per heavy atom. The fourth-order valence-corrected chi connectivity index (χ4v) is 4.92. The molecule has 164 valence electrons. The van der Waals surface area contributed by atoms with Gasteiger partial charge in [-0.3, -0.25) is 4.79 Å². The average molecular weight is 546 g/mol. The maximum Gasteiger partial charge on any atom is 0.407 e. The summed E-state index contributed by atoms with van der Waals surface area (Å²) in [6.07, 6.45) is 3.85. The molecule has 1 unspecified atom stereocenters. The molecule has 10 heteroatoms. The monoisotopic (exact) mass is 546 g/mol. The van der Waals surface area contributed by atoms with Gasteiger partial charge in [0.1, 0.15) is 5.60 Å². The molecule has 3 rings (SSSR count). The van der Waals surface area contributed by atoms with Crippen molar-refractivity contribution in [1.82, 2.24) is 14.9 Å². The van der Waals surface area contributed by atoms with E-state index in [0.717, 1.165) is 42.6 Å². The smallest absolute Gasteiger partial charge is 0.407 e. The van der Waals surface area contributed by atoms with Crippen molar-refractivity contribution in [1.29, 1.82) is 0 Å². The minimum absolute atomic E-state index is 0.157. The SMILES string of the molecule is CC(C)(C)OC(=O)NCCC(=O)Nc1cc(C2CCOCC2)cc2c1cnn2PI. The highest BCUT2D eigenvalue weighted by atomic mass is 127. The van der Waals surface area contributed by atoms with E-state index in [-0.39, 0.29) is 18.9 Å². The van der Waals surface area contributed by atoms with Crippen molar-refractivity contribution >= 4 is 57.0 Å². The van der Waals surface area contributed by atoms with Crippen LogP contribution in [0, 0.1) is 0 Å². The van der Waals surface area contributed by atoms with Gasteiger partial charge in [-0.25, -0.2) is 9.25 Å². The summed E-state index contributed by atoms with van der Waals surface area (Å²) >= 11 is 2.30. The van der Waals surface area contributed by atoms with Crippen molar-refractivity contribution in [3.63, 3.8) is 0 Å².